The number of alkyl halides is 3. The van der Waals surface area contributed by atoms with E-state index in [0.717, 1.165) is 6.54 Å². The second-order valence-corrected chi connectivity index (χ2v) is 5.29. The lowest BCUT2D eigenvalue weighted by molar-refractivity contribution is -0.274. The zero-order valence-electron chi connectivity index (χ0n) is 12.4. The lowest BCUT2D eigenvalue weighted by Gasteiger charge is -2.30. The van der Waals surface area contributed by atoms with Gasteiger partial charge in [0.25, 0.3) is 0 Å². The largest absolute Gasteiger partial charge is 0.573 e. The number of hydrogen-bond donors (Lipinski definition) is 2. The van der Waals surface area contributed by atoms with Gasteiger partial charge in [0, 0.05) is 13.1 Å². The highest BCUT2D eigenvalue weighted by Gasteiger charge is 2.31. The Bertz CT molecular complexity index is 435. The Morgan fingerprint density at radius 2 is 1.76 bits per heavy atom. The van der Waals surface area contributed by atoms with Crippen molar-refractivity contribution in [2.75, 3.05) is 33.8 Å². The molecule has 0 heterocycles. The molecule has 4 nitrogen and oxygen atoms in total. The molecule has 0 fully saturated rings. The number of benzene rings is 1. The van der Waals surface area contributed by atoms with Gasteiger partial charge in [0.15, 0.2) is 0 Å². The van der Waals surface area contributed by atoms with Crippen molar-refractivity contribution < 1.29 is 23.0 Å². The Labute approximate surface area is 122 Å². The molecule has 0 aliphatic rings. The second kappa shape index (κ2) is 7.11. The van der Waals surface area contributed by atoms with Crippen LogP contribution in [0.1, 0.15) is 12.5 Å². The molecule has 1 unspecified atom stereocenters. The quantitative estimate of drug-likeness (QED) is 0.808. The first kappa shape index (κ1) is 17.7. The van der Waals surface area contributed by atoms with E-state index in [1.807, 2.05) is 19.0 Å². The summed E-state index contributed by atoms with van der Waals surface area (Å²) in [5, 5.41) is 12.8. The summed E-state index contributed by atoms with van der Waals surface area (Å²) in [5.74, 6) is -0.278. The molecular formula is C14H21F3N2O2. The van der Waals surface area contributed by atoms with E-state index in [4.69, 9.17) is 0 Å². The van der Waals surface area contributed by atoms with Gasteiger partial charge in [-0.3, -0.25) is 0 Å². The molecule has 0 aromatic heterocycles. The summed E-state index contributed by atoms with van der Waals surface area (Å²) in [6.07, 6.45) is -4.70. The number of hydrogen-bond acceptors (Lipinski definition) is 4. The number of halogens is 3. The highest BCUT2D eigenvalue weighted by Crippen LogP contribution is 2.26. The van der Waals surface area contributed by atoms with Gasteiger partial charge in [-0.15, -0.1) is 13.2 Å². The maximum absolute atomic E-state index is 12.1. The normalized spacial score (nSPS) is 15.0. The molecule has 0 amide bonds. The topological polar surface area (TPSA) is 44.7 Å². The van der Waals surface area contributed by atoms with Crippen molar-refractivity contribution in [2.24, 2.45) is 0 Å². The van der Waals surface area contributed by atoms with Crippen molar-refractivity contribution in [1.82, 2.24) is 10.2 Å². The van der Waals surface area contributed by atoms with Crippen LogP contribution in [0.4, 0.5) is 13.2 Å². The molecule has 1 rings (SSSR count). The van der Waals surface area contributed by atoms with Gasteiger partial charge in [0.2, 0.25) is 0 Å². The van der Waals surface area contributed by atoms with Gasteiger partial charge in [-0.25, -0.2) is 0 Å². The zero-order chi connectivity index (χ0) is 16.1. The van der Waals surface area contributed by atoms with E-state index < -0.39 is 11.9 Å². The molecule has 0 saturated carbocycles. The number of nitrogens with one attached hydrogen (secondary N) is 1. The average molecular weight is 306 g/mol. The van der Waals surface area contributed by atoms with Crippen molar-refractivity contribution in [2.45, 2.75) is 18.8 Å². The summed E-state index contributed by atoms with van der Waals surface area (Å²) in [6, 6.07) is 5.51. The fourth-order valence-electron chi connectivity index (χ4n) is 1.83. The first-order valence-corrected chi connectivity index (χ1v) is 6.53. The fourth-order valence-corrected chi connectivity index (χ4v) is 1.83. The smallest absolute Gasteiger partial charge is 0.406 e. The molecule has 0 aliphatic heterocycles. The van der Waals surface area contributed by atoms with Gasteiger partial charge >= 0.3 is 6.36 Å². The molecule has 0 saturated heterocycles. The van der Waals surface area contributed by atoms with E-state index in [1.165, 1.54) is 24.3 Å². The van der Waals surface area contributed by atoms with E-state index in [0.29, 0.717) is 12.1 Å². The minimum Gasteiger partial charge on any atom is -0.406 e. The van der Waals surface area contributed by atoms with Gasteiger partial charge in [0.05, 0.1) is 12.1 Å². The Balaban J connectivity index is 2.76. The van der Waals surface area contributed by atoms with E-state index in [2.05, 4.69) is 10.1 Å². The van der Waals surface area contributed by atoms with E-state index in [-0.39, 0.29) is 12.4 Å². The minimum absolute atomic E-state index is 0.167. The fraction of sp³-hybridized carbons (Fsp3) is 0.571. The number of likely N-dealkylation sites (N-methyl/N-ethyl adjacent to an activating group) is 1. The van der Waals surface area contributed by atoms with Crippen LogP contribution in [0.2, 0.25) is 0 Å². The molecule has 0 spiro atoms. The van der Waals surface area contributed by atoms with Crippen LogP contribution in [-0.4, -0.2) is 50.2 Å². The third-order valence-corrected chi connectivity index (χ3v) is 3.12. The molecule has 1 atom stereocenters. The Hall–Kier alpha value is -1.31. The van der Waals surface area contributed by atoms with E-state index in [1.54, 1.807) is 6.92 Å². The summed E-state index contributed by atoms with van der Waals surface area (Å²) in [5.41, 5.74) is -0.0227. The highest BCUT2D eigenvalue weighted by atomic mass is 19.4. The maximum Gasteiger partial charge on any atom is 0.573 e. The monoisotopic (exact) mass is 306 g/mol. The SMILES string of the molecule is CN(C)CCNC(C)(CO)c1ccc(OC(F)(F)F)cc1. The van der Waals surface area contributed by atoms with Crippen LogP contribution in [0, 0.1) is 0 Å². The van der Waals surface area contributed by atoms with Crippen LogP contribution in [0.5, 0.6) is 5.75 Å². The van der Waals surface area contributed by atoms with Crippen LogP contribution in [0.3, 0.4) is 0 Å². The van der Waals surface area contributed by atoms with Crippen LogP contribution < -0.4 is 10.1 Å². The van der Waals surface area contributed by atoms with Crippen LogP contribution in [0.15, 0.2) is 24.3 Å². The molecule has 7 heteroatoms. The van der Waals surface area contributed by atoms with Crippen LogP contribution in [-0.2, 0) is 5.54 Å². The van der Waals surface area contributed by atoms with Crippen LogP contribution >= 0.6 is 0 Å². The predicted octanol–water partition coefficient (Wildman–Crippen LogP) is 1.94. The second-order valence-electron chi connectivity index (χ2n) is 5.29. The maximum atomic E-state index is 12.1. The highest BCUT2D eigenvalue weighted by molar-refractivity contribution is 5.31. The summed E-state index contributed by atoms with van der Waals surface area (Å²) in [4.78, 5) is 1.99. The first-order valence-electron chi connectivity index (χ1n) is 6.53. The molecule has 2 N–H and O–H groups in total. The Morgan fingerprint density at radius 3 is 2.19 bits per heavy atom. The summed E-state index contributed by atoms with van der Waals surface area (Å²) >= 11 is 0. The average Bonchev–Trinajstić information content (AvgIpc) is 2.37. The van der Waals surface area contributed by atoms with Crippen molar-refractivity contribution in [3.8, 4) is 5.75 Å². The van der Waals surface area contributed by atoms with Gasteiger partial charge in [-0.05, 0) is 38.7 Å². The van der Waals surface area contributed by atoms with Gasteiger partial charge in [-0.1, -0.05) is 12.1 Å². The number of ether oxygens (including phenoxy) is 1. The number of nitrogens with zero attached hydrogens (tertiary/aromatic N) is 1. The van der Waals surface area contributed by atoms with Gasteiger partial charge < -0.3 is 20.1 Å². The minimum atomic E-state index is -4.70. The van der Waals surface area contributed by atoms with Crippen LogP contribution in [0.25, 0.3) is 0 Å². The lowest BCUT2D eigenvalue weighted by Crippen LogP contribution is -2.45. The molecule has 0 bridgehead atoms. The van der Waals surface area contributed by atoms with Crippen molar-refractivity contribution in [1.29, 1.82) is 0 Å². The standard InChI is InChI=1S/C14H21F3N2O2/c1-13(10-20,18-8-9-19(2)3)11-4-6-12(7-5-11)21-14(15,16)17/h4-7,18,20H,8-10H2,1-3H3. The molecule has 1 aromatic rings. The molecule has 1 aromatic carbocycles. The summed E-state index contributed by atoms with van der Waals surface area (Å²) in [6.45, 7) is 3.05. The van der Waals surface area contributed by atoms with Crippen molar-refractivity contribution >= 4 is 0 Å². The third-order valence-electron chi connectivity index (χ3n) is 3.12. The molecule has 120 valence electrons. The number of aliphatic hydroxyl groups is 1. The molecule has 0 radical (unpaired) electrons. The number of rotatable bonds is 7. The Morgan fingerprint density at radius 1 is 1.19 bits per heavy atom. The molecular weight excluding hydrogens is 285 g/mol. The van der Waals surface area contributed by atoms with Crippen molar-refractivity contribution in [3.05, 3.63) is 29.8 Å². The zero-order valence-corrected chi connectivity index (χ0v) is 12.4. The van der Waals surface area contributed by atoms with E-state index >= 15 is 0 Å². The van der Waals surface area contributed by atoms with E-state index in [9.17, 15) is 18.3 Å². The third kappa shape index (κ3) is 5.91. The summed E-state index contributed by atoms with van der Waals surface area (Å²) < 4.78 is 40.1. The summed E-state index contributed by atoms with van der Waals surface area (Å²) in [7, 11) is 3.86. The lowest BCUT2D eigenvalue weighted by atomic mass is 9.93. The Kier molecular flexibility index (Phi) is 6.00. The number of aliphatic hydroxyl groups excluding tert-OH is 1. The van der Waals surface area contributed by atoms with Gasteiger partial charge in [-0.2, -0.15) is 0 Å². The van der Waals surface area contributed by atoms with Gasteiger partial charge in [0.1, 0.15) is 5.75 Å². The molecule has 0 aliphatic carbocycles. The first-order chi connectivity index (χ1) is 9.66. The predicted molar refractivity (Wildman–Crippen MR) is 74.1 cm³/mol. The van der Waals surface area contributed by atoms with Crippen molar-refractivity contribution in [3.63, 3.8) is 0 Å². The molecule has 21 heavy (non-hydrogen) atoms.